The molecule has 1 fully saturated rings. The average molecular weight is 200 g/mol. The van der Waals surface area contributed by atoms with Crippen molar-refractivity contribution >= 4 is 23.1 Å². The van der Waals surface area contributed by atoms with Crippen LogP contribution < -0.4 is 5.73 Å². The van der Waals surface area contributed by atoms with Crippen molar-refractivity contribution in [3.8, 4) is 0 Å². The fraction of sp³-hybridized carbons (Fsp3) is 0.778. The van der Waals surface area contributed by atoms with E-state index in [1.54, 1.807) is 0 Å². The molecule has 0 aromatic rings. The maximum atomic E-state index is 11.5. The Bertz CT molecular complexity index is 210. The highest BCUT2D eigenvalue weighted by atomic mass is 32.1. The summed E-state index contributed by atoms with van der Waals surface area (Å²) in [7, 11) is 0. The Morgan fingerprint density at radius 1 is 1.54 bits per heavy atom. The zero-order valence-corrected chi connectivity index (χ0v) is 8.77. The van der Waals surface area contributed by atoms with Crippen molar-refractivity contribution in [2.45, 2.75) is 26.2 Å². The van der Waals surface area contributed by atoms with Gasteiger partial charge < -0.3 is 10.6 Å². The van der Waals surface area contributed by atoms with Crippen LogP contribution >= 0.6 is 12.2 Å². The third-order valence-corrected chi connectivity index (χ3v) is 2.61. The molecule has 1 heterocycles. The number of amides is 1. The van der Waals surface area contributed by atoms with E-state index in [1.807, 2.05) is 4.90 Å². The first-order valence-electron chi connectivity index (χ1n) is 4.65. The van der Waals surface area contributed by atoms with Crippen molar-refractivity contribution in [1.29, 1.82) is 0 Å². The van der Waals surface area contributed by atoms with Crippen LogP contribution in [0, 0.1) is 5.92 Å². The molecule has 13 heavy (non-hydrogen) atoms. The molecule has 0 aliphatic carbocycles. The van der Waals surface area contributed by atoms with Crippen molar-refractivity contribution < 1.29 is 4.79 Å². The Hall–Kier alpha value is -0.640. The van der Waals surface area contributed by atoms with E-state index >= 15 is 0 Å². The Labute approximate surface area is 84.3 Å². The van der Waals surface area contributed by atoms with Crippen molar-refractivity contribution in [1.82, 2.24) is 4.90 Å². The molecule has 3 nitrogen and oxygen atoms in total. The van der Waals surface area contributed by atoms with E-state index in [9.17, 15) is 4.79 Å². The van der Waals surface area contributed by atoms with Crippen LogP contribution in [0.25, 0.3) is 0 Å². The zero-order chi connectivity index (χ0) is 9.84. The van der Waals surface area contributed by atoms with Crippen LogP contribution in [-0.2, 0) is 4.79 Å². The minimum absolute atomic E-state index is 0.0828. The van der Waals surface area contributed by atoms with Gasteiger partial charge in [0.1, 0.15) is 0 Å². The summed E-state index contributed by atoms with van der Waals surface area (Å²) in [4.78, 5) is 13.6. The van der Waals surface area contributed by atoms with Gasteiger partial charge in [0, 0.05) is 13.1 Å². The monoisotopic (exact) mass is 200 g/mol. The molecule has 0 radical (unpaired) electrons. The van der Waals surface area contributed by atoms with Gasteiger partial charge in [0.2, 0.25) is 5.91 Å². The summed E-state index contributed by atoms with van der Waals surface area (Å²) in [6.45, 7) is 3.95. The summed E-state index contributed by atoms with van der Waals surface area (Å²) in [6, 6.07) is 0. The van der Waals surface area contributed by atoms with Crippen LogP contribution in [0.15, 0.2) is 0 Å². The highest BCUT2D eigenvalue weighted by Crippen LogP contribution is 2.16. The number of piperidine rings is 1. The number of hydrogen-bond donors (Lipinski definition) is 1. The van der Waals surface area contributed by atoms with Gasteiger partial charge in [0.25, 0.3) is 0 Å². The van der Waals surface area contributed by atoms with Crippen LogP contribution in [0.4, 0.5) is 0 Å². The fourth-order valence-electron chi connectivity index (χ4n) is 1.52. The molecule has 1 aliphatic heterocycles. The Kier molecular flexibility index (Phi) is 3.66. The molecule has 0 atom stereocenters. The lowest BCUT2D eigenvalue weighted by Gasteiger charge is -2.30. The first kappa shape index (κ1) is 10.4. The summed E-state index contributed by atoms with van der Waals surface area (Å²) in [5, 5.41) is 0. The normalized spacial score (nSPS) is 18.7. The van der Waals surface area contributed by atoms with Gasteiger partial charge in [0.05, 0.1) is 11.4 Å². The molecule has 1 aliphatic rings. The van der Waals surface area contributed by atoms with E-state index in [2.05, 4.69) is 6.92 Å². The van der Waals surface area contributed by atoms with Crippen molar-refractivity contribution in [2.24, 2.45) is 11.7 Å². The fourth-order valence-corrected chi connectivity index (χ4v) is 1.64. The van der Waals surface area contributed by atoms with Gasteiger partial charge in [0.15, 0.2) is 0 Å². The van der Waals surface area contributed by atoms with Crippen LogP contribution in [-0.4, -0.2) is 28.9 Å². The molecule has 1 rings (SSSR count). The lowest BCUT2D eigenvalue weighted by atomic mass is 9.99. The Balaban J connectivity index is 2.36. The van der Waals surface area contributed by atoms with Gasteiger partial charge in [-0.25, -0.2) is 0 Å². The molecular formula is C9H16N2OS. The van der Waals surface area contributed by atoms with Crippen LogP contribution in [0.2, 0.25) is 0 Å². The van der Waals surface area contributed by atoms with Gasteiger partial charge in [-0.15, -0.1) is 0 Å². The molecule has 1 amide bonds. The summed E-state index contributed by atoms with van der Waals surface area (Å²) in [5.74, 6) is 0.827. The predicted molar refractivity (Wildman–Crippen MR) is 56.4 cm³/mol. The molecule has 74 valence electrons. The molecular weight excluding hydrogens is 184 g/mol. The molecule has 0 bridgehead atoms. The van der Waals surface area contributed by atoms with E-state index in [1.165, 1.54) is 0 Å². The number of hydrogen-bond acceptors (Lipinski definition) is 2. The first-order chi connectivity index (χ1) is 6.09. The molecule has 0 aromatic carbocycles. The number of likely N-dealkylation sites (tertiary alicyclic amines) is 1. The molecule has 0 aromatic heterocycles. The lowest BCUT2D eigenvalue weighted by Crippen LogP contribution is -2.39. The summed E-state index contributed by atoms with van der Waals surface area (Å²) < 4.78 is 0. The van der Waals surface area contributed by atoms with E-state index < -0.39 is 0 Å². The second kappa shape index (κ2) is 4.56. The van der Waals surface area contributed by atoms with Crippen LogP contribution in [0.3, 0.4) is 0 Å². The third kappa shape index (κ3) is 3.30. The minimum Gasteiger partial charge on any atom is -0.393 e. The molecule has 0 unspecified atom stereocenters. The van der Waals surface area contributed by atoms with E-state index in [-0.39, 0.29) is 12.3 Å². The van der Waals surface area contributed by atoms with Crippen molar-refractivity contribution in [2.75, 3.05) is 13.1 Å². The van der Waals surface area contributed by atoms with E-state index in [4.69, 9.17) is 18.0 Å². The van der Waals surface area contributed by atoms with Gasteiger partial charge in [-0.05, 0) is 18.8 Å². The summed E-state index contributed by atoms with van der Waals surface area (Å²) >= 11 is 4.69. The van der Waals surface area contributed by atoms with E-state index in [0.29, 0.717) is 4.99 Å². The minimum atomic E-state index is 0.0828. The van der Waals surface area contributed by atoms with Gasteiger partial charge in [-0.2, -0.15) is 0 Å². The molecule has 0 spiro atoms. The van der Waals surface area contributed by atoms with Crippen molar-refractivity contribution in [3.63, 3.8) is 0 Å². The lowest BCUT2D eigenvalue weighted by molar-refractivity contribution is -0.131. The quantitative estimate of drug-likeness (QED) is 0.674. The van der Waals surface area contributed by atoms with Gasteiger partial charge in [-0.3, -0.25) is 4.79 Å². The predicted octanol–water partition coefficient (Wildman–Crippen LogP) is 0.921. The number of thiocarbonyl (C=S) groups is 1. The summed E-state index contributed by atoms with van der Waals surface area (Å²) in [6.07, 6.45) is 2.43. The zero-order valence-electron chi connectivity index (χ0n) is 7.95. The van der Waals surface area contributed by atoms with Gasteiger partial charge in [-0.1, -0.05) is 19.1 Å². The maximum absolute atomic E-state index is 11.5. The summed E-state index contributed by atoms with van der Waals surface area (Å²) in [5.41, 5.74) is 5.31. The standard InChI is InChI=1S/C9H16N2OS/c1-7-2-4-11(5-3-7)9(12)6-8(10)13/h7H,2-6H2,1H3,(H2,10,13). The number of nitrogens with two attached hydrogens (primary N) is 1. The average Bonchev–Trinajstić information content (AvgIpc) is 2.04. The Morgan fingerprint density at radius 2 is 2.08 bits per heavy atom. The molecule has 1 saturated heterocycles. The number of carbonyl (C=O) groups excluding carboxylic acids is 1. The number of rotatable bonds is 2. The van der Waals surface area contributed by atoms with Gasteiger partial charge >= 0.3 is 0 Å². The second-order valence-corrected chi connectivity index (χ2v) is 4.23. The first-order valence-corrected chi connectivity index (χ1v) is 5.06. The Morgan fingerprint density at radius 3 is 2.54 bits per heavy atom. The van der Waals surface area contributed by atoms with Crippen molar-refractivity contribution in [3.05, 3.63) is 0 Å². The highest BCUT2D eigenvalue weighted by Gasteiger charge is 2.20. The molecule has 4 heteroatoms. The topological polar surface area (TPSA) is 46.3 Å². The maximum Gasteiger partial charge on any atom is 0.229 e. The molecule has 2 N–H and O–H groups in total. The smallest absolute Gasteiger partial charge is 0.229 e. The highest BCUT2D eigenvalue weighted by molar-refractivity contribution is 7.80. The largest absolute Gasteiger partial charge is 0.393 e. The SMILES string of the molecule is CC1CCN(C(=O)CC(N)=S)CC1. The van der Waals surface area contributed by atoms with Crippen LogP contribution in [0.1, 0.15) is 26.2 Å². The van der Waals surface area contributed by atoms with Crippen LogP contribution in [0.5, 0.6) is 0 Å². The molecule has 0 saturated carbocycles. The number of nitrogens with zero attached hydrogens (tertiary/aromatic N) is 1. The second-order valence-electron chi connectivity index (χ2n) is 3.71. The number of carbonyl (C=O) groups is 1. The third-order valence-electron chi connectivity index (χ3n) is 2.46. The van der Waals surface area contributed by atoms with E-state index in [0.717, 1.165) is 31.8 Å².